The summed E-state index contributed by atoms with van der Waals surface area (Å²) in [4.78, 5) is 39.1. The van der Waals surface area contributed by atoms with Gasteiger partial charge in [0, 0.05) is 22.4 Å². The molecule has 2 aliphatic rings. The molecule has 1 aliphatic heterocycles. The molecule has 3 aromatic carbocycles. The fourth-order valence-corrected chi connectivity index (χ4v) is 4.24. The molecule has 3 amide bonds. The van der Waals surface area contributed by atoms with Crippen LogP contribution in [0.3, 0.4) is 0 Å². The number of carbonyl (C=O) groups is 3. The highest BCUT2D eigenvalue weighted by atomic mass is 35.5. The molecule has 7 nitrogen and oxygen atoms in total. The van der Waals surface area contributed by atoms with Crippen LogP contribution in [0.15, 0.2) is 66.7 Å². The SMILES string of the molecule is O=C(CNc1ccc(CN2C(=O)Cc3ccc(Cl)cc32)cc1)Nc1ccccc1C(=O)NC1CC1. The Labute approximate surface area is 208 Å². The number of halogens is 1. The van der Waals surface area contributed by atoms with Gasteiger partial charge in [-0.15, -0.1) is 0 Å². The maximum atomic E-state index is 12.5. The summed E-state index contributed by atoms with van der Waals surface area (Å²) in [6.07, 6.45) is 2.38. The minimum absolute atomic E-state index is 0.0484. The molecule has 0 atom stereocenters. The van der Waals surface area contributed by atoms with Crippen molar-refractivity contribution in [3.05, 3.63) is 88.4 Å². The molecule has 8 heteroatoms. The van der Waals surface area contributed by atoms with E-state index < -0.39 is 0 Å². The number of anilines is 3. The van der Waals surface area contributed by atoms with Crippen LogP contribution >= 0.6 is 11.6 Å². The van der Waals surface area contributed by atoms with E-state index in [0.29, 0.717) is 29.2 Å². The van der Waals surface area contributed by atoms with Gasteiger partial charge in [-0.25, -0.2) is 0 Å². The minimum Gasteiger partial charge on any atom is -0.376 e. The molecular weight excluding hydrogens is 464 g/mol. The van der Waals surface area contributed by atoms with E-state index in [1.165, 1.54) is 0 Å². The molecular formula is C27H25ClN4O3. The summed E-state index contributed by atoms with van der Waals surface area (Å²) in [6, 6.07) is 20.3. The molecule has 3 N–H and O–H groups in total. The summed E-state index contributed by atoms with van der Waals surface area (Å²) in [6.45, 7) is 0.501. The number of amides is 3. The molecule has 5 rings (SSSR count). The zero-order chi connectivity index (χ0) is 24.4. The second-order valence-electron chi connectivity index (χ2n) is 8.82. The van der Waals surface area contributed by atoms with Gasteiger partial charge in [0.25, 0.3) is 5.91 Å². The predicted octanol–water partition coefficient (Wildman–Crippen LogP) is 4.37. The van der Waals surface area contributed by atoms with E-state index in [0.717, 1.165) is 35.3 Å². The lowest BCUT2D eigenvalue weighted by Crippen LogP contribution is -2.28. The topological polar surface area (TPSA) is 90.5 Å². The Morgan fingerprint density at radius 3 is 2.54 bits per heavy atom. The van der Waals surface area contributed by atoms with Gasteiger partial charge in [-0.2, -0.15) is 0 Å². The van der Waals surface area contributed by atoms with Gasteiger partial charge in [0.05, 0.1) is 30.8 Å². The molecule has 1 fully saturated rings. The second-order valence-corrected chi connectivity index (χ2v) is 9.26. The highest BCUT2D eigenvalue weighted by Gasteiger charge is 2.27. The first-order valence-electron chi connectivity index (χ1n) is 11.6. The Kier molecular flexibility index (Phi) is 6.42. The molecule has 0 unspecified atom stereocenters. The third-order valence-electron chi connectivity index (χ3n) is 6.09. The van der Waals surface area contributed by atoms with Crippen molar-refractivity contribution in [2.45, 2.75) is 31.8 Å². The molecule has 1 heterocycles. The van der Waals surface area contributed by atoms with Crippen LogP contribution in [0.25, 0.3) is 0 Å². The number of fused-ring (bicyclic) bond motifs is 1. The van der Waals surface area contributed by atoms with Gasteiger partial charge in [0.2, 0.25) is 11.8 Å². The maximum absolute atomic E-state index is 12.5. The standard InChI is InChI=1S/C27H25ClN4O3/c28-19-8-7-18-13-26(34)32(24(18)14-19)16-17-5-9-20(10-6-17)29-15-25(33)31-23-4-2-1-3-22(23)27(35)30-21-11-12-21/h1-10,14,21,29H,11-13,15-16H2,(H,30,35)(H,31,33). The Balaban J connectivity index is 1.16. The van der Waals surface area contributed by atoms with Crippen molar-refractivity contribution < 1.29 is 14.4 Å². The first-order chi connectivity index (χ1) is 17.0. The van der Waals surface area contributed by atoms with Crippen LogP contribution in [0.2, 0.25) is 5.02 Å². The number of nitrogens with one attached hydrogen (secondary N) is 3. The first-order valence-corrected chi connectivity index (χ1v) is 12.0. The smallest absolute Gasteiger partial charge is 0.253 e. The average molecular weight is 489 g/mol. The zero-order valence-electron chi connectivity index (χ0n) is 19.0. The third kappa shape index (κ3) is 5.46. The second kappa shape index (κ2) is 9.80. The van der Waals surface area contributed by atoms with Crippen LogP contribution in [0.5, 0.6) is 0 Å². The molecule has 1 aliphatic carbocycles. The number of carbonyl (C=O) groups excluding carboxylic acids is 3. The van der Waals surface area contributed by atoms with Crippen LogP contribution in [-0.2, 0) is 22.6 Å². The van der Waals surface area contributed by atoms with E-state index in [-0.39, 0.29) is 30.3 Å². The van der Waals surface area contributed by atoms with Crippen LogP contribution in [0.4, 0.5) is 17.1 Å². The first kappa shape index (κ1) is 22.9. The molecule has 35 heavy (non-hydrogen) atoms. The fourth-order valence-electron chi connectivity index (χ4n) is 4.07. The number of hydrogen-bond donors (Lipinski definition) is 3. The summed E-state index contributed by atoms with van der Waals surface area (Å²) in [5, 5.41) is 9.47. The van der Waals surface area contributed by atoms with Crippen molar-refractivity contribution in [1.29, 1.82) is 0 Å². The van der Waals surface area contributed by atoms with Crippen LogP contribution in [0, 0.1) is 0 Å². The highest BCUT2D eigenvalue weighted by Crippen LogP contribution is 2.32. The van der Waals surface area contributed by atoms with Gasteiger partial charge in [-0.05, 0) is 60.4 Å². The summed E-state index contributed by atoms with van der Waals surface area (Å²) < 4.78 is 0. The average Bonchev–Trinajstić information content (AvgIpc) is 3.62. The van der Waals surface area contributed by atoms with Gasteiger partial charge >= 0.3 is 0 Å². The summed E-state index contributed by atoms with van der Waals surface area (Å²) in [7, 11) is 0. The number of nitrogens with zero attached hydrogens (tertiary/aromatic N) is 1. The van der Waals surface area contributed by atoms with Crippen molar-refractivity contribution >= 4 is 46.4 Å². The van der Waals surface area contributed by atoms with E-state index in [9.17, 15) is 14.4 Å². The third-order valence-corrected chi connectivity index (χ3v) is 6.32. The molecule has 3 aromatic rings. The van der Waals surface area contributed by atoms with Crippen LogP contribution < -0.4 is 20.9 Å². The van der Waals surface area contributed by atoms with Crippen molar-refractivity contribution in [2.24, 2.45) is 0 Å². The van der Waals surface area contributed by atoms with Crippen LogP contribution in [0.1, 0.15) is 34.3 Å². The van der Waals surface area contributed by atoms with Crippen molar-refractivity contribution in [1.82, 2.24) is 5.32 Å². The van der Waals surface area contributed by atoms with Gasteiger partial charge in [0.15, 0.2) is 0 Å². The lowest BCUT2D eigenvalue weighted by atomic mass is 10.1. The lowest BCUT2D eigenvalue weighted by Gasteiger charge is -2.18. The van der Waals surface area contributed by atoms with Crippen LogP contribution in [-0.4, -0.2) is 30.3 Å². The Hall–Kier alpha value is -3.84. The number of benzene rings is 3. The van der Waals surface area contributed by atoms with Crippen molar-refractivity contribution in [3.8, 4) is 0 Å². The minimum atomic E-state index is -0.253. The van der Waals surface area contributed by atoms with Gasteiger partial charge in [-0.1, -0.05) is 41.9 Å². The largest absolute Gasteiger partial charge is 0.376 e. The normalized spacial score (nSPS) is 14.4. The van der Waals surface area contributed by atoms with Gasteiger partial charge in [0.1, 0.15) is 0 Å². The molecule has 0 bridgehead atoms. The van der Waals surface area contributed by atoms with Gasteiger partial charge in [-0.3, -0.25) is 14.4 Å². The summed E-state index contributed by atoms with van der Waals surface area (Å²) >= 11 is 6.12. The van der Waals surface area contributed by atoms with E-state index in [1.54, 1.807) is 35.2 Å². The highest BCUT2D eigenvalue weighted by molar-refractivity contribution is 6.31. The van der Waals surface area contributed by atoms with Crippen molar-refractivity contribution in [3.63, 3.8) is 0 Å². The molecule has 0 aromatic heterocycles. The van der Waals surface area contributed by atoms with E-state index in [4.69, 9.17) is 11.6 Å². The van der Waals surface area contributed by atoms with E-state index >= 15 is 0 Å². The lowest BCUT2D eigenvalue weighted by molar-refractivity contribution is -0.117. The Bertz CT molecular complexity index is 1290. The molecule has 0 radical (unpaired) electrons. The maximum Gasteiger partial charge on any atom is 0.253 e. The molecule has 0 saturated heterocycles. The van der Waals surface area contributed by atoms with E-state index in [1.807, 2.05) is 36.4 Å². The molecule has 1 saturated carbocycles. The Morgan fingerprint density at radius 2 is 1.77 bits per heavy atom. The van der Waals surface area contributed by atoms with Crippen molar-refractivity contribution in [2.75, 3.05) is 22.1 Å². The van der Waals surface area contributed by atoms with E-state index in [2.05, 4.69) is 16.0 Å². The summed E-state index contributed by atoms with van der Waals surface area (Å²) in [5.41, 5.74) is 4.53. The summed E-state index contributed by atoms with van der Waals surface area (Å²) in [5.74, 6) is -0.377. The number of rotatable bonds is 8. The number of hydrogen-bond acceptors (Lipinski definition) is 4. The zero-order valence-corrected chi connectivity index (χ0v) is 19.8. The van der Waals surface area contributed by atoms with Gasteiger partial charge < -0.3 is 20.9 Å². The molecule has 178 valence electrons. The molecule has 0 spiro atoms. The fraction of sp³-hybridized carbons (Fsp3) is 0.222. The monoisotopic (exact) mass is 488 g/mol. The Morgan fingerprint density at radius 1 is 1.00 bits per heavy atom. The quantitative estimate of drug-likeness (QED) is 0.439. The number of para-hydroxylation sites is 1. The predicted molar refractivity (Wildman–Crippen MR) is 137 cm³/mol.